The topological polar surface area (TPSA) is 15.3 Å². The lowest BCUT2D eigenvalue weighted by Gasteiger charge is -2.31. The minimum atomic E-state index is 0.704. The molecule has 1 atom stereocenters. The summed E-state index contributed by atoms with van der Waals surface area (Å²) in [5, 5.41) is 3.66. The second kappa shape index (κ2) is 6.07. The molecule has 110 valence electrons. The summed E-state index contributed by atoms with van der Waals surface area (Å²) in [7, 11) is 0. The third-order valence-corrected chi connectivity index (χ3v) is 5.07. The Morgan fingerprint density at radius 1 is 1.30 bits per heavy atom. The fraction of sp³-hybridized carbons (Fsp3) is 0.647. The van der Waals surface area contributed by atoms with E-state index in [9.17, 15) is 0 Å². The molecule has 2 nitrogen and oxygen atoms in total. The van der Waals surface area contributed by atoms with Gasteiger partial charge in [-0.3, -0.25) is 0 Å². The van der Waals surface area contributed by atoms with Crippen molar-refractivity contribution in [2.75, 3.05) is 11.4 Å². The first-order valence-corrected chi connectivity index (χ1v) is 8.73. The van der Waals surface area contributed by atoms with Crippen molar-refractivity contribution in [2.45, 2.75) is 58.2 Å². The van der Waals surface area contributed by atoms with Crippen LogP contribution in [0.3, 0.4) is 0 Å². The summed E-state index contributed by atoms with van der Waals surface area (Å²) < 4.78 is 1.19. The Morgan fingerprint density at radius 2 is 2.10 bits per heavy atom. The highest BCUT2D eigenvalue weighted by atomic mass is 79.9. The van der Waals surface area contributed by atoms with E-state index in [4.69, 9.17) is 0 Å². The number of benzene rings is 1. The molecule has 1 saturated carbocycles. The lowest BCUT2D eigenvalue weighted by Crippen LogP contribution is -2.34. The van der Waals surface area contributed by atoms with Gasteiger partial charge in [-0.2, -0.15) is 0 Å². The van der Waals surface area contributed by atoms with Crippen LogP contribution in [0.2, 0.25) is 0 Å². The molecule has 1 aromatic carbocycles. The first kappa shape index (κ1) is 14.4. The van der Waals surface area contributed by atoms with Crippen LogP contribution in [0.1, 0.15) is 45.1 Å². The fourth-order valence-corrected chi connectivity index (χ4v) is 3.71. The SMILES string of the molecule is CC(C)C1CCCN1c1ccc(Br)cc1CNC1CC1. The Balaban J connectivity index is 1.82. The van der Waals surface area contributed by atoms with Gasteiger partial charge in [0.1, 0.15) is 0 Å². The average Bonchev–Trinajstić information content (AvgIpc) is 3.11. The minimum absolute atomic E-state index is 0.704. The highest BCUT2D eigenvalue weighted by Crippen LogP contribution is 2.34. The fourth-order valence-electron chi connectivity index (χ4n) is 3.30. The molecule has 1 heterocycles. The summed E-state index contributed by atoms with van der Waals surface area (Å²) in [4.78, 5) is 2.64. The van der Waals surface area contributed by atoms with Crippen LogP contribution in [0.5, 0.6) is 0 Å². The summed E-state index contributed by atoms with van der Waals surface area (Å²) >= 11 is 3.63. The molecule has 2 fully saturated rings. The highest BCUT2D eigenvalue weighted by molar-refractivity contribution is 9.10. The Kier molecular flexibility index (Phi) is 4.37. The number of nitrogens with zero attached hydrogens (tertiary/aromatic N) is 1. The largest absolute Gasteiger partial charge is 0.368 e. The van der Waals surface area contributed by atoms with E-state index >= 15 is 0 Å². The van der Waals surface area contributed by atoms with Crippen molar-refractivity contribution in [3.8, 4) is 0 Å². The summed E-state index contributed by atoms with van der Waals surface area (Å²) in [5.74, 6) is 0.727. The predicted molar refractivity (Wildman–Crippen MR) is 89.2 cm³/mol. The Labute approximate surface area is 131 Å². The zero-order valence-electron chi connectivity index (χ0n) is 12.5. The number of halogens is 1. The molecule has 3 heteroatoms. The van der Waals surface area contributed by atoms with Crippen LogP contribution in [0.15, 0.2) is 22.7 Å². The van der Waals surface area contributed by atoms with Crippen molar-refractivity contribution in [1.29, 1.82) is 0 Å². The van der Waals surface area contributed by atoms with Gasteiger partial charge in [0.2, 0.25) is 0 Å². The number of hydrogen-bond acceptors (Lipinski definition) is 2. The van der Waals surface area contributed by atoms with Gasteiger partial charge in [0.15, 0.2) is 0 Å². The molecule has 0 amide bonds. The molecule has 0 aromatic heterocycles. The van der Waals surface area contributed by atoms with Crippen molar-refractivity contribution < 1.29 is 0 Å². The first-order chi connectivity index (χ1) is 9.65. The van der Waals surface area contributed by atoms with Crippen molar-refractivity contribution in [3.05, 3.63) is 28.2 Å². The second-order valence-electron chi connectivity index (χ2n) is 6.58. The van der Waals surface area contributed by atoms with Gasteiger partial charge in [-0.05, 0) is 55.4 Å². The van der Waals surface area contributed by atoms with E-state index in [2.05, 4.69) is 58.2 Å². The normalized spacial score (nSPS) is 22.8. The molecule has 0 spiro atoms. The van der Waals surface area contributed by atoms with E-state index in [-0.39, 0.29) is 0 Å². The smallest absolute Gasteiger partial charge is 0.0415 e. The zero-order valence-corrected chi connectivity index (χ0v) is 14.1. The van der Waals surface area contributed by atoms with E-state index in [0.29, 0.717) is 6.04 Å². The summed E-state index contributed by atoms with van der Waals surface area (Å²) in [5.41, 5.74) is 2.89. The van der Waals surface area contributed by atoms with Gasteiger partial charge in [0.05, 0.1) is 0 Å². The molecule has 1 aliphatic carbocycles. The third-order valence-electron chi connectivity index (χ3n) is 4.58. The molecule has 0 radical (unpaired) electrons. The standard InChI is InChI=1S/C17H25BrN2/c1-12(2)16-4-3-9-20(16)17-8-5-14(18)10-13(17)11-19-15-6-7-15/h5,8,10,12,15-16,19H,3-4,6-7,9,11H2,1-2H3. The van der Waals surface area contributed by atoms with E-state index in [0.717, 1.165) is 18.5 Å². The summed E-state index contributed by atoms with van der Waals surface area (Å²) in [6, 6.07) is 8.25. The minimum Gasteiger partial charge on any atom is -0.368 e. The summed E-state index contributed by atoms with van der Waals surface area (Å²) in [6.45, 7) is 6.91. The van der Waals surface area contributed by atoms with Crippen LogP contribution in [0.25, 0.3) is 0 Å². The lowest BCUT2D eigenvalue weighted by atomic mass is 10.0. The number of hydrogen-bond donors (Lipinski definition) is 1. The van der Waals surface area contributed by atoms with E-state index in [1.807, 2.05) is 0 Å². The molecular weight excluding hydrogens is 312 g/mol. The number of anilines is 1. The molecule has 1 saturated heterocycles. The maximum atomic E-state index is 3.66. The van der Waals surface area contributed by atoms with Crippen LogP contribution < -0.4 is 10.2 Å². The lowest BCUT2D eigenvalue weighted by molar-refractivity contribution is 0.490. The van der Waals surface area contributed by atoms with Gasteiger partial charge in [0.25, 0.3) is 0 Å². The van der Waals surface area contributed by atoms with E-state index in [1.54, 1.807) is 0 Å². The molecule has 1 aliphatic heterocycles. The molecule has 1 N–H and O–H groups in total. The van der Waals surface area contributed by atoms with E-state index < -0.39 is 0 Å². The number of rotatable bonds is 5. The van der Waals surface area contributed by atoms with Crippen molar-refractivity contribution >= 4 is 21.6 Å². The first-order valence-electron chi connectivity index (χ1n) is 7.93. The Morgan fingerprint density at radius 3 is 2.80 bits per heavy atom. The zero-order chi connectivity index (χ0) is 14.1. The monoisotopic (exact) mass is 336 g/mol. The van der Waals surface area contributed by atoms with Crippen LogP contribution in [0, 0.1) is 5.92 Å². The van der Waals surface area contributed by atoms with Gasteiger partial charge < -0.3 is 10.2 Å². The van der Waals surface area contributed by atoms with Gasteiger partial charge in [0, 0.05) is 35.3 Å². The highest BCUT2D eigenvalue weighted by Gasteiger charge is 2.29. The Hall–Kier alpha value is -0.540. The summed E-state index contributed by atoms with van der Waals surface area (Å²) in [6.07, 6.45) is 5.36. The van der Waals surface area contributed by atoms with Gasteiger partial charge in [-0.1, -0.05) is 29.8 Å². The Bertz CT molecular complexity index is 468. The number of nitrogens with one attached hydrogen (secondary N) is 1. The van der Waals surface area contributed by atoms with Gasteiger partial charge >= 0.3 is 0 Å². The van der Waals surface area contributed by atoms with Crippen LogP contribution in [0.4, 0.5) is 5.69 Å². The predicted octanol–water partition coefficient (Wildman–Crippen LogP) is 4.33. The molecule has 2 aliphatic rings. The van der Waals surface area contributed by atoms with Crippen LogP contribution in [-0.2, 0) is 6.54 Å². The van der Waals surface area contributed by atoms with Crippen molar-refractivity contribution in [2.24, 2.45) is 5.92 Å². The molecule has 1 unspecified atom stereocenters. The van der Waals surface area contributed by atoms with Gasteiger partial charge in [-0.25, -0.2) is 0 Å². The van der Waals surface area contributed by atoms with Crippen LogP contribution in [-0.4, -0.2) is 18.6 Å². The van der Waals surface area contributed by atoms with Crippen molar-refractivity contribution in [1.82, 2.24) is 5.32 Å². The maximum Gasteiger partial charge on any atom is 0.0415 e. The molecule has 20 heavy (non-hydrogen) atoms. The maximum absolute atomic E-state index is 3.66. The quantitative estimate of drug-likeness (QED) is 0.860. The van der Waals surface area contributed by atoms with E-state index in [1.165, 1.54) is 48.0 Å². The molecule has 0 bridgehead atoms. The molecule has 1 aromatic rings. The molecular formula is C17H25BrN2. The molecule has 3 rings (SSSR count). The van der Waals surface area contributed by atoms with Crippen LogP contribution >= 0.6 is 15.9 Å². The second-order valence-corrected chi connectivity index (χ2v) is 7.49. The third kappa shape index (κ3) is 3.20. The van der Waals surface area contributed by atoms with Gasteiger partial charge in [-0.15, -0.1) is 0 Å². The van der Waals surface area contributed by atoms with Crippen molar-refractivity contribution in [3.63, 3.8) is 0 Å². The average molecular weight is 337 g/mol.